The molecular formula is C39H23N3OS. The van der Waals surface area contributed by atoms with Crippen molar-refractivity contribution in [2.45, 2.75) is 0 Å². The van der Waals surface area contributed by atoms with Crippen LogP contribution in [-0.4, -0.2) is 15.0 Å². The van der Waals surface area contributed by atoms with Gasteiger partial charge in [-0.25, -0.2) is 15.0 Å². The van der Waals surface area contributed by atoms with E-state index in [1.165, 1.54) is 20.2 Å². The maximum Gasteiger partial charge on any atom is 0.164 e. The highest BCUT2D eigenvalue weighted by Crippen LogP contribution is 2.42. The summed E-state index contributed by atoms with van der Waals surface area (Å²) in [6.07, 6.45) is 0. The van der Waals surface area contributed by atoms with Gasteiger partial charge in [0.15, 0.2) is 23.1 Å². The van der Waals surface area contributed by atoms with Crippen LogP contribution in [0.3, 0.4) is 0 Å². The molecule has 0 saturated carbocycles. The average molecular weight is 582 g/mol. The van der Waals surface area contributed by atoms with Gasteiger partial charge in [-0.1, -0.05) is 115 Å². The molecule has 5 heteroatoms. The first-order valence-corrected chi connectivity index (χ1v) is 15.3. The quantitative estimate of drug-likeness (QED) is 0.207. The van der Waals surface area contributed by atoms with Crippen molar-refractivity contribution < 1.29 is 4.42 Å². The first-order chi connectivity index (χ1) is 21.8. The van der Waals surface area contributed by atoms with E-state index in [0.29, 0.717) is 17.5 Å². The van der Waals surface area contributed by atoms with Gasteiger partial charge in [-0.3, -0.25) is 0 Å². The monoisotopic (exact) mass is 581 g/mol. The molecule has 0 aliphatic heterocycles. The zero-order chi connectivity index (χ0) is 29.0. The van der Waals surface area contributed by atoms with Crippen molar-refractivity contribution in [3.8, 4) is 45.3 Å². The number of furan rings is 1. The molecule has 0 radical (unpaired) electrons. The van der Waals surface area contributed by atoms with E-state index < -0.39 is 0 Å². The number of fused-ring (bicyclic) bond motifs is 7. The van der Waals surface area contributed by atoms with Crippen molar-refractivity contribution >= 4 is 53.4 Å². The Morgan fingerprint density at radius 3 is 1.61 bits per heavy atom. The fraction of sp³-hybridized carbons (Fsp3) is 0. The molecule has 3 aromatic heterocycles. The fourth-order valence-corrected chi connectivity index (χ4v) is 7.13. The minimum Gasteiger partial charge on any atom is -0.455 e. The van der Waals surface area contributed by atoms with Gasteiger partial charge in [0.2, 0.25) is 0 Å². The molecule has 0 N–H and O–H groups in total. The Morgan fingerprint density at radius 2 is 0.932 bits per heavy atom. The number of thiophene rings is 1. The maximum absolute atomic E-state index is 6.54. The molecule has 0 unspecified atom stereocenters. The van der Waals surface area contributed by atoms with Crippen molar-refractivity contribution in [1.82, 2.24) is 15.0 Å². The van der Waals surface area contributed by atoms with Gasteiger partial charge in [-0.15, -0.1) is 11.3 Å². The molecule has 0 aliphatic carbocycles. The SMILES string of the molecule is c1ccc(-c2nc(-c3ccccc3)nc(-c3ccc(-c4ccc5c(c4)oc4c5ccc5c6ccccc6sc54)cc3)n2)cc1. The van der Waals surface area contributed by atoms with Crippen molar-refractivity contribution in [3.63, 3.8) is 0 Å². The van der Waals surface area contributed by atoms with Crippen LogP contribution in [0.2, 0.25) is 0 Å². The molecule has 9 rings (SSSR count). The van der Waals surface area contributed by atoms with Crippen LogP contribution in [0.1, 0.15) is 0 Å². The molecule has 9 aromatic rings. The number of aromatic nitrogens is 3. The maximum atomic E-state index is 6.54. The minimum atomic E-state index is 0.643. The molecule has 0 spiro atoms. The molecule has 0 fully saturated rings. The van der Waals surface area contributed by atoms with Gasteiger partial charge in [0.1, 0.15) is 5.58 Å². The lowest BCUT2D eigenvalue weighted by Gasteiger charge is -2.09. The average Bonchev–Trinajstić information content (AvgIpc) is 3.67. The first kappa shape index (κ1) is 24.9. The van der Waals surface area contributed by atoms with Gasteiger partial charge in [0.05, 0.1) is 4.70 Å². The second-order valence-corrected chi connectivity index (χ2v) is 11.9. The summed E-state index contributed by atoms with van der Waals surface area (Å²) >= 11 is 1.80. The van der Waals surface area contributed by atoms with Gasteiger partial charge in [-0.05, 0) is 35.4 Å². The van der Waals surface area contributed by atoms with Crippen molar-refractivity contribution in [2.75, 3.05) is 0 Å². The van der Waals surface area contributed by atoms with Gasteiger partial charge < -0.3 is 4.42 Å². The van der Waals surface area contributed by atoms with E-state index >= 15 is 0 Å². The molecule has 0 bridgehead atoms. The highest BCUT2D eigenvalue weighted by atomic mass is 32.1. The van der Waals surface area contributed by atoms with Crippen molar-refractivity contribution in [3.05, 3.63) is 140 Å². The van der Waals surface area contributed by atoms with Gasteiger partial charge >= 0.3 is 0 Å². The second-order valence-electron chi connectivity index (χ2n) is 10.8. The smallest absolute Gasteiger partial charge is 0.164 e. The third-order valence-electron chi connectivity index (χ3n) is 8.16. The summed E-state index contributed by atoms with van der Waals surface area (Å²) in [5.74, 6) is 1.95. The van der Waals surface area contributed by atoms with E-state index in [2.05, 4.69) is 78.9 Å². The van der Waals surface area contributed by atoms with Crippen LogP contribution in [0, 0.1) is 0 Å². The van der Waals surface area contributed by atoms with Gasteiger partial charge in [-0.2, -0.15) is 0 Å². The van der Waals surface area contributed by atoms with E-state index in [4.69, 9.17) is 19.4 Å². The largest absolute Gasteiger partial charge is 0.455 e. The predicted molar refractivity (Wildman–Crippen MR) is 182 cm³/mol. The second kappa shape index (κ2) is 9.97. The molecule has 6 aromatic carbocycles. The Hall–Kier alpha value is -5.65. The standard InChI is InChI=1S/C39H23N3OS/c1-3-9-25(10-4-1)37-40-38(26-11-5-2-6-12-26)42-39(41-37)27-17-15-24(16-18-27)28-19-20-29-31-21-22-32-30-13-7-8-14-34(30)44-36(32)35(31)43-33(29)23-28/h1-23H. The van der Waals surface area contributed by atoms with E-state index in [9.17, 15) is 0 Å². The Balaban J connectivity index is 1.11. The molecule has 0 saturated heterocycles. The normalized spacial score (nSPS) is 11.6. The number of nitrogens with zero attached hydrogens (tertiary/aromatic N) is 3. The zero-order valence-electron chi connectivity index (χ0n) is 23.4. The molecule has 44 heavy (non-hydrogen) atoms. The number of benzene rings is 6. The lowest BCUT2D eigenvalue weighted by Crippen LogP contribution is -2.00. The van der Waals surface area contributed by atoms with Gasteiger partial charge in [0, 0.05) is 42.9 Å². The molecule has 0 aliphatic rings. The third-order valence-corrected chi connectivity index (χ3v) is 9.35. The van der Waals surface area contributed by atoms with Crippen LogP contribution in [0.4, 0.5) is 0 Å². The summed E-state index contributed by atoms with van der Waals surface area (Å²) in [4.78, 5) is 14.6. The Kier molecular flexibility index (Phi) is 5.64. The Bertz CT molecular complexity index is 2420. The topological polar surface area (TPSA) is 51.8 Å². The van der Waals surface area contributed by atoms with E-state index in [-0.39, 0.29) is 0 Å². The summed E-state index contributed by atoms with van der Waals surface area (Å²) in [6.45, 7) is 0. The zero-order valence-corrected chi connectivity index (χ0v) is 24.3. The lowest BCUT2D eigenvalue weighted by atomic mass is 10.0. The van der Waals surface area contributed by atoms with E-state index in [1.807, 2.05) is 60.7 Å². The third kappa shape index (κ3) is 4.09. The highest BCUT2D eigenvalue weighted by molar-refractivity contribution is 7.26. The Labute approximate surface area is 256 Å². The number of hydrogen-bond donors (Lipinski definition) is 0. The van der Waals surface area contributed by atoms with Crippen LogP contribution in [0.5, 0.6) is 0 Å². The van der Waals surface area contributed by atoms with Crippen LogP contribution in [0.25, 0.3) is 87.4 Å². The summed E-state index contributed by atoms with van der Waals surface area (Å²) in [5, 5.41) is 4.81. The van der Waals surface area contributed by atoms with Crippen molar-refractivity contribution in [1.29, 1.82) is 0 Å². The van der Waals surface area contributed by atoms with Crippen LogP contribution in [-0.2, 0) is 0 Å². The highest BCUT2D eigenvalue weighted by Gasteiger charge is 2.16. The van der Waals surface area contributed by atoms with Crippen LogP contribution >= 0.6 is 11.3 Å². The minimum absolute atomic E-state index is 0.643. The molecule has 4 nitrogen and oxygen atoms in total. The fourth-order valence-electron chi connectivity index (χ4n) is 5.95. The van der Waals surface area contributed by atoms with E-state index in [1.54, 1.807) is 11.3 Å². The molecular weight excluding hydrogens is 559 g/mol. The Morgan fingerprint density at radius 1 is 0.409 bits per heavy atom. The van der Waals surface area contributed by atoms with Crippen molar-refractivity contribution in [2.24, 2.45) is 0 Å². The van der Waals surface area contributed by atoms with Crippen LogP contribution in [0.15, 0.2) is 144 Å². The van der Waals surface area contributed by atoms with Crippen LogP contribution < -0.4 is 0 Å². The summed E-state index contributed by atoms with van der Waals surface area (Å²) in [6, 6.07) is 48.0. The van der Waals surface area contributed by atoms with E-state index in [0.717, 1.165) is 49.8 Å². The van der Waals surface area contributed by atoms with Gasteiger partial charge in [0.25, 0.3) is 0 Å². The summed E-state index contributed by atoms with van der Waals surface area (Å²) in [5.41, 5.74) is 6.90. The molecule has 0 amide bonds. The molecule has 206 valence electrons. The predicted octanol–water partition coefficient (Wildman–Crippen LogP) is 10.8. The first-order valence-electron chi connectivity index (χ1n) is 14.5. The summed E-state index contributed by atoms with van der Waals surface area (Å²) in [7, 11) is 0. The number of hydrogen-bond acceptors (Lipinski definition) is 5. The summed E-state index contributed by atoms with van der Waals surface area (Å²) < 4.78 is 9.02. The molecule has 0 atom stereocenters. The molecule has 3 heterocycles. The lowest BCUT2D eigenvalue weighted by molar-refractivity contribution is 0.673. The number of rotatable bonds is 4.